The first-order valence-corrected chi connectivity index (χ1v) is 29.5. The van der Waals surface area contributed by atoms with Gasteiger partial charge in [0.25, 0.3) is 11.8 Å². The summed E-state index contributed by atoms with van der Waals surface area (Å²) in [5, 5.41) is 56.4. The Bertz CT molecular complexity index is 3300. The van der Waals surface area contributed by atoms with Gasteiger partial charge in [-0.15, -0.1) is 0 Å². The summed E-state index contributed by atoms with van der Waals surface area (Å²) >= 11 is 0. The molecule has 0 spiro atoms. The molecule has 9 rings (SSSR count). The molecule has 8 amide bonds. The highest BCUT2D eigenvalue weighted by Crippen LogP contribution is 2.53. The number of nitrogens with two attached hydrogens (primary N) is 1. The Hall–Kier alpha value is -8.38. The van der Waals surface area contributed by atoms with Gasteiger partial charge in [0.15, 0.2) is 30.3 Å². The van der Waals surface area contributed by atoms with Crippen molar-refractivity contribution in [1.82, 2.24) is 30.7 Å². The van der Waals surface area contributed by atoms with Crippen molar-refractivity contribution in [3.8, 4) is 17.2 Å². The summed E-state index contributed by atoms with van der Waals surface area (Å²) in [6.07, 6.45) is -3.20. The number of ether oxygens (including phenoxy) is 6. The number of ketones is 3. The first kappa shape index (κ1) is 65.1. The molecule has 6 aliphatic rings. The average molecular weight is 1240 g/mol. The Balaban J connectivity index is 0.805. The molecular weight excluding hydrogens is 1160 g/mol. The average Bonchev–Trinajstić information content (AvgIpc) is 1.29. The van der Waals surface area contributed by atoms with E-state index in [0.29, 0.717) is 30.5 Å². The lowest BCUT2D eigenvalue weighted by Gasteiger charge is -2.45. The molecule has 0 unspecified atom stereocenters. The van der Waals surface area contributed by atoms with Crippen molar-refractivity contribution in [1.29, 1.82) is 0 Å². The van der Waals surface area contributed by atoms with Gasteiger partial charge in [0.1, 0.15) is 54.3 Å². The third-order valence-corrected chi connectivity index (χ3v) is 17.0. The molecule has 3 fully saturated rings. The third kappa shape index (κ3) is 13.6. The van der Waals surface area contributed by atoms with E-state index in [1.54, 1.807) is 45.0 Å². The standard InChI is InChI=1S/C61H74N8O20/c1-30(2)49(66-41(72)14-7-6-8-22-68-42(73)19-20-43(68)74)56(80)65-36(12-10-21-63-59(62)81)55(79)64-33-17-15-32(16-18-33)29-86-60(82)69-24-23-67-37-25-44(87-31(3)54(37)89-58(67)57(69)85-5)88-39-27-61(83,40(71)28-70)26-35-46(39)53(78)48-47(51(35)76)50(75)34-11-9-13-38(84-4)45(34)52(48)77/h9,11,13,15-20,30-31,36-37,39,44,49,54,57-58,70,76,78,83H,6-8,10,12,14,21-29H2,1-5H3,(H,64,79)(H,65,80)(H,66,72)(H3,62,63,81)/t31-,36+,37-,39-,44-,49+,54+,57+,58+,61-/m0/s1. The molecule has 3 aromatic rings. The van der Waals surface area contributed by atoms with Crippen LogP contribution in [0.2, 0.25) is 0 Å². The van der Waals surface area contributed by atoms with Crippen molar-refractivity contribution < 1.29 is 96.8 Å². The summed E-state index contributed by atoms with van der Waals surface area (Å²) in [4.78, 5) is 135. The van der Waals surface area contributed by atoms with E-state index < -0.39 is 150 Å². The predicted molar refractivity (Wildman–Crippen MR) is 310 cm³/mol. The van der Waals surface area contributed by atoms with Gasteiger partial charge in [0.05, 0.1) is 36.0 Å². The van der Waals surface area contributed by atoms with Crippen LogP contribution in [0.3, 0.4) is 0 Å². The van der Waals surface area contributed by atoms with Gasteiger partial charge in [0.2, 0.25) is 23.5 Å². The normalized spacial score (nSPS) is 24.2. The number of nitrogens with zero attached hydrogens (tertiary/aromatic N) is 3. The number of rotatable bonds is 24. The first-order valence-electron chi connectivity index (χ1n) is 29.5. The van der Waals surface area contributed by atoms with Crippen molar-refractivity contribution in [2.45, 2.75) is 146 Å². The number of aliphatic hydroxyl groups is 2. The summed E-state index contributed by atoms with van der Waals surface area (Å²) in [5.41, 5.74) is 2.10. The predicted octanol–water partition coefficient (Wildman–Crippen LogP) is 1.83. The summed E-state index contributed by atoms with van der Waals surface area (Å²) in [5.74, 6) is -6.79. The maximum atomic E-state index is 14.2. The molecule has 0 saturated carbocycles. The van der Waals surface area contributed by atoms with Crippen molar-refractivity contribution in [3.63, 3.8) is 0 Å². The monoisotopic (exact) mass is 1240 g/mol. The number of nitrogens with one attached hydrogen (secondary N) is 4. The third-order valence-electron chi connectivity index (χ3n) is 17.0. The van der Waals surface area contributed by atoms with E-state index in [1.165, 1.54) is 49.5 Å². The van der Waals surface area contributed by atoms with Crippen LogP contribution in [-0.2, 0) is 65.5 Å². The molecule has 478 valence electrons. The van der Waals surface area contributed by atoms with Crippen molar-refractivity contribution in [2.24, 2.45) is 11.7 Å². The molecule has 0 aromatic heterocycles. The van der Waals surface area contributed by atoms with E-state index in [-0.39, 0.29) is 104 Å². The SMILES string of the molecule is COc1cccc2c1C(=O)c1c(O)c3c(c(O)c1C2=O)C[C@@](O)(C(=O)CO)C[C@@H]3O[C@H]1C[C@H]2[C@H](O[C@@H]3[C@@H](OC)N(C(=O)OCc4ccc(NC(=O)[C@@H](CCCNC(N)=O)NC(=O)[C@H](NC(=O)CCCCCN5C(=O)C=CC5=O)C(C)C)cc4)CCN32)[C@H](C)O1. The molecule has 3 saturated heterocycles. The van der Waals surface area contributed by atoms with E-state index >= 15 is 0 Å². The van der Waals surface area contributed by atoms with Gasteiger partial charge in [-0.05, 0) is 62.3 Å². The van der Waals surface area contributed by atoms with Crippen molar-refractivity contribution in [2.75, 3.05) is 52.3 Å². The molecule has 4 heterocycles. The van der Waals surface area contributed by atoms with E-state index in [4.69, 9.17) is 34.2 Å². The van der Waals surface area contributed by atoms with E-state index in [9.17, 15) is 68.4 Å². The number of aliphatic hydroxyl groups excluding tert-OH is 1. The molecular formula is C61H74N8O20. The van der Waals surface area contributed by atoms with E-state index in [1.807, 2.05) is 4.90 Å². The number of imide groups is 1. The van der Waals surface area contributed by atoms with Crippen LogP contribution >= 0.6 is 0 Å². The number of urea groups is 1. The summed E-state index contributed by atoms with van der Waals surface area (Å²) in [6, 6.07) is 7.42. The largest absolute Gasteiger partial charge is 0.507 e. The van der Waals surface area contributed by atoms with Gasteiger partial charge >= 0.3 is 12.1 Å². The molecule has 28 heteroatoms. The number of aromatic hydroxyl groups is 2. The molecule has 0 radical (unpaired) electrons. The van der Waals surface area contributed by atoms with Crippen LogP contribution < -0.4 is 31.7 Å². The fourth-order valence-electron chi connectivity index (χ4n) is 12.5. The molecule has 4 aliphatic heterocycles. The molecule has 10 N–H and O–H groups in total. The summed E-state index contributed by atoms with van der Waals surface area (Å²) < 4.78 is 36.5. The number of methoxy groups -OCH3 is 2. The number of unbranched alkanes of at least 4 members (excludes halogenated alkanes) is 2. The van der Waals surface area contributed by atoms with Crippen molar-refractivity contribution in [3.05, 3.63) is 93.6 Å². The molecule has 10 atom stereocenters. The summed E-state index contributed by atoms with van der Waals surface area (Å²) in [7, 11) is 2.72. The number of phenolic OH excluding ortho intramolecular Hbond substituents is 2. The maximum absolute atomic E-state index is 14.2. The van der Waals surface area contributed by atoms with Gasteiger partial charge in [-0.25, -0.2) is 9.59 Å². The lowest BCUT2D eigenvalue weighted by Crippen LogP contribution is -2.62. The fourth-order valence-corrected chi connectivity index (χ4v) is 12.5. The zero-order valence-electron chi connectivity index (χ0n) is 49.8. The van der Waals surface area contributed by atoms with Crippen LogP contribution in [0.4, 0.5) is 15.3 Å². The summed E-state index contributed by atoms with van der Waals surface area (Å²) in [6.45, 7) is 4.66. The number of anilines is 1. The van der Waals surface area contributed by atoms with Gasteiger partial charge < -0.3 is 75.8 Å². The number of phenols is 2. The highest BCUT2D eigenvalue weighted by Gasteiger charge is 2.57. The molecule has 2 aliphatic carbocycles. The highest BCUT2D eigenvalue weighted by atomic mass is 16.7. The van der Waals surface area contributed by atoms with Crippen LogP contribution in [0.25, 0.3) is 0 Å². The van der Waals surface area contributed by atoms with Crippen LogP contribution in [0.15, 0.2) is 54.6 Å². The van der Waals surface area contributed by atoms with Gasteiger partial charge in [-0.3, -0.25) is 53.1 Å². The topological polar surface area (TPSA) is 391 Å². The van der Waals surface area contributed by atoms with E-state index in [2.05, 4.69) is 21.3 Å². The minimum absolute atomic E-state index is 0.0542. The van der Waals surface area contributed by atoms with Gasteiger partial charge in [0, 0.05) is 99.5 Å². The van der Waals surface area contributed by atoms with E-state index in [0.717, 1.165) is 4.90 Å². The van der Waals surface area contributed by atoms with Gasteiger partial charge in [-0.1, -0.05) is 44.5 Å². The molecule has 28 nitrogen and oxygen atoms in total. The Kier molecular flexibility index (Phi) is 20.2. The maximum Gasteiger partial charge on any atom is 0.412 e. The first-order chi connectivity index (χ1) is 42.5. The smallest absolute Gasteiger partial charge is 0.412 e. The Morgan fingerprint density at radius 3 is 2.25 bits per heavy atom. The molecule has 3 aromatic carbocycles. The van der Waals surface area contributed by atoms with Gasteiger partial charge in [-0.2, -0.15) is 0 Å². The number of fused-ring (bicyclic) bond motifs is 6. The number of carbonyl (C=O) groups excluding carboxylic acids is 10. The zero-order chi connectivity index (χ0) is 64.2. The van der Waals surface area contributed by atoms with Crippen LogP contribution in [-0.4, -0.2) is 196 Å². The zero-order valence-corrected chi connectivity index (χ0v) is 49.8. The number of hydrogen-bond acceptors (Lipinski definition) is 21. The number of amides is 8. The number of carbonyl (C=O) groups is 10. The second-order valence-corrected chi connectivity index (χ2v) is 23.1. The second kappa shape index (κ2) is 27.6. The Labute approximate surface area is 511 Å². The molecule has 89 heavy (non-hydrogen) atoms. The Morgan fingerprint density at radius 1 is 0.854 bits per heavy atom. The minimum atomic E-state index is -2.36. The van der Waals surface area contributed by atoms with Crippen LogP contribution in [0.1, 0.15) is 127 Å². The lowest BCUT2D eigenvalue weighted by molar-refractivity contribution is -0.248. The number of Topliss-reactive ketones (excluding diaryl/α,β-unsaturated/α-hetero) is 1. The fraction of sp³-hybridized carbons (Fsp3) is 0.508. The minimum Gasteiger partial charge on any atom is -0.507 e. The number of primary amides is 1. The number of hydrogen-bond donors (Lipinski definition) is 9. The van der Waals surface area contributed by atoms with Crippen molar-refractivity contribution >= 4 is 64.7 Å². The lowest BCUT2D eigenvalue weighted by atomic mass is 9.72. The van der Waals surface area contributed by atoms with Crippen LogP contribution in [0.5, 0.6) is 17.2 Å². The Morgan fingerprint density at radius 2 is 1.57 bits per heavy atom. The highest BCUT2D eigenvalue weighted by molar-refractivity contribution is 6.31. The quantitative estimate of drug-likeness (QED) is 0.0274. The van der Waals surface area contributed by atoms with Crippen LogP contribution in [0, 0.1) is 5.92 Å². The number of piperazine rings is 1. The molecule has 0 bridgehead atoms. The second-order valence-electron chi connectivity index (χ2n) is 23.1. The number of benzene rings is 3.